The van der Waals surface area contributed by atoms with Gasteiger partial charge in [-0.05, 0) is 30.4 Å². The normalized spacial score (nSPS) is 10.3. The molecule has 1 aromatic heterocycles. The molecular formula is C10H9N3O2S. The van der Waals surface area contributed by atoms with Crippen LogP contribution in [0.1, 0.15) is 10.4 Å². The zero-order chi connectivity index (χ0) is 11.7. The van der Waals surface area contributed by atoms with E-state index in [1.54, 1.807) is 25.2 Å². The van der Waals surface area contributed by atoms with Gasteiger partial charge in [0.15, 0.2) is 4.77 Å². The van der Waals surface area contributed by atoms with Crippen molar-refractivity contribution >= 4 is 29.0 Å². The molecule has 6 heteroatoms. The fourth-order valence-corrected chi connectivity index (χ4v) is 1.66. The molecule has 3 N–H and O–H groups in total. The van der Waals surface area contributed by atoms with E-state index < -0.39 is 0 Å². The van der Waals surface area contributed by atoms with Crippen LogP contribution in [0.3, 0.4) is 0 Å². The van der Waals surface area contributed by atoms with Gasteiger partial charge in [-0.3, -0.25) is 14.6 Å². The summed E-state index contributed by atoms with van der Waals surface area (Å²) in [6.45, 7) is 0. The Balaban J connectivity index is 2.76. The van der Waals surface area contributed by atoms with Gasteiger partial charge in [0, 0.05) is 12.6 Å². The lowest BCUT2D eigenvalue weighted by Gasteiger charge is -2.01. The number of rotatable bonds is 1. The van der Waals surface area contributed by atoms with Crippen molar-refractivity contribution in [2.75, 3.05) is 7.05 Å². The predicted octanol–water partition coefficient (Wildman–Crippen LogP) is 0.945. The second-order valence-electron chi connectivity index (χ2n) is 3.25. The highest BCUT2D eigenvalue weighted by atomic mass is 32.1. The van der Waals surface area contributed by atoms with Crippen LogP contribution in [0.2, 0.25) is 0 Å². The number of fused-ring (bicyclic) bond motifs is 1. The molecule has 0 radical (unpaired) electrons. The third-order valence-electron chi connectivity index (χ3n) is 2.23. The van der Waals surface area contributed by atoms with Gasteiger partial charge in [-0.2, -0.15) is 0 Å². The van der Waals surface area contributed by atoms with Gasteiger partial charge >= 0.3 is 0 Å². The minimum absolute atomic E-state index is 0.207. The number of hydrogen-bond donors (Lipinski definition) is 3. The van der Waals surface area contributed by atoms with Crippen molar-refractivity contribution in [1.82, 2.24) is 15.3 Å². The van der Waals surface area contributed by atoms with Crippen molar-refractivity contribution in [2.24, 2.45) is 0 Å². The quantitative estimate of drug-likeness (QED) is 0.644. The highest BCUT2D eigenvalue weighted by Gasteiger charge is 2.05. The number of H-pyrrole nitrogens is 2. The molecule has 0 unspecified atom stereocenters. The largest absolute Gasteiger partial charge is 0.355 e. The van der Waals surface area contributed by atoms with Crippen molar-refractivity contribution in [2.45, 2.75) is 0 Å². The molecule has 0 saturated carbocycles. The van der Waals surface area contributed by atoms with E-state index in [-0.39, 0.29) is 16.2 Å². The third-order valence-corrected chi connectivity index (χ3v) is 2.43. The second-order valence-corrected chi connectivity index (χ2v) is 3.66. The maximum atomic E-state index is 11.5. The standard InChI is InChI=1S/C10H9N3O2S/c1-11-8(14)5-2-3-6-7(4-5)12-10(16)13-9(6)15/h2-4H,1H3,(H,11,14)(H2,12,13,15,16). The van der Waals surface area contributed by atoms with Gasteiger partial charge in [0.25, 0.3) is 11.5 Å². The number of aromatic nitrogens is 2. The van der Waals surface area contributed by atoms with E-state index in [0.717, 1.165) is 0 Å². The molecule has 1 heterocycles. The molecule has 0 aliphatic carbocycles. The average molecular weight is 235 g/mol. The molecule has 0 bridgehead atoms. The van der Waals surface area contributed by atoms with Crippen LogP contribution in [0, 0.1) is 4.77 Å². The molecule has 0 spiro atoms. The molecule has 5 nitrogen and oxygen atoms in total. The van der Waals surface area contributed by atoms with Crippen molar-refractivity contribution in [1.29, 1.82) is 0 Å². The van der Waals surface area contributed by atoms with Crippen LogP contribution in [-0.4, -0.2) is 22.9 Å². The second kappa shape index (κ2) is 3.90. The average Bonchev–Trinajstić information content (AvgIpc) is 2.27. The molecule has 0 fully saturated rings. The Bertz CT molecular complexity index is 672. The Hall–Kier alpha value is -1.95. The van der Waals surface area contributed by atoms with Crippen LogP contribution >= 0.6 is 12.2 Å². The maximum Gasteiger partial charge on any atom is 0.259 e. The van der Waals surface area contributed by atoms with Crippen LogP contribution in [0.4, 0.5) is 0 Å². The molecule has 2 rings (SSSR count). The van der Waals surface area contributed by atoms with Gasteiger partial charge in [-0.1, -0.05) is 0 Å². The topological polar surface area (TPSA) is 77.8 Å². The predicted molar refractivity (Wildman–Crippen MR) is 63.1 cm³/mol. The number of aromatic amines is 2. The summed E-state index contributed by atoms with van der Waals surface area (Å²) in [4.78, 5) is 28.2. The van der Waals surface area contributed by atoms with Crippen LogP contribution < -0.4 is 10.9 Å². The summed E-state index contributed by atoms with van der Waals surface area (Å²) in [6.07, 6.45) is 0. The lowest BCUT2D eigenvalue weighted by molar-refractivity contribution is 0.0963. The summed E-state index contributed by atoms with van der Waals surface area (Å²) >= 11 is 4.85. The van der Waals surface area contributed by atoms with E-state index in [4.69, 9.17) is 12.2 Å². The highest BCUT2D eigenvalue weighted by molar-refractivity contribution is 7.71. The lowest BCUT2D eigenvalue weighted by atomic mass is 10.1. The molecule has 0 saturated heterocycles. The van der Waals surface area contributed by atoms with Gasteiger partial charge in [0.1, 0.15) is 0 Å². The fraction of sp³-hybridized carbons (Fsp3) is 0.100. The first-order valence-corrected chi connectivity index (χ1v) is 5.01. The third kappa shape index (κ3) is 1.74. The Kier molecular flexibility index (Phi) is 2.57. The maximum absolute atomic E-state index is 11.5. The van der Waals surface area contributed by atoms with Crippen LogP contribution in [-0.2, 0) is 0 Å². The van der Waals surface area contributed by atoms with Crippen LogP contribution in [0.25, 0.3) is 10.9 Å². The van der Waals surface area contributed by atoms with Crippen molar-refractivity contribution < 1.29 is 4.79 Å². The monoisotopic (exact) mass is 235 g/mol. The van der Waals surface area contributed by atoms with Gasteiger partial charge < -0.3 is 10.3 Å². The molecule has 2 aromatic rings. The number of hydrogen-bond acceptors (Lipinski definition) is 3. The van der Waals surface area contributed by atoms with E-state index in [2.05, 4.69) is 15.3 Å². The number of carbonyl (C=O) groups excluding carboxylic acids is 1. The first kappa shape index (κ1) is 10.6. The number of carbonyl (C=O) groups is 1. The van der Waals surface area contributed by atoms with Crippen molar-refractivity contribution in [3.05, 3.63) is 38.9 Å². The van der Waals surface area contributed by atoms with E-state index in [1.807, 2.05) is 0 Å². The van der Waals surface area contributed by atoms with E-state index in [1.165, 1.54) is 0 Å². The smallest absolute Gasteiger partial charge is 0.259 e. The first-order valence-electron chi connectivity index (χ1n) is 4.60. The van der Waals surface area contributed by atoms with E-state index >= 15 is 0 Å². The summed E-state index contributed by atoms with van der Waals surface area (Å²) in [5, 5.41) is 2.98. The zero-order valence-electron chi connectivity index (χ0n) is 8.46. The van der Waals surface area contributed by atoms with Crippen molar-refractivity contribution in [3.63, 3.8) is 0 Å². The summed E-state index contributed by atoms with van der Waals surface area (Å²) in [6, 6.07) is 4.77. The molecule has 0 aliphatic heterocycles. The van der Waals surface area contributed by atoms with E-state index in [0.29, 0.717) is 16.5 Å². The molecule has 16 heavy (non-hydrogen) atoms. The molecular weight excluding hydrogens is 226 g/mol. The summed E-state index contributed by atoms with van der Waals surface area (Å²) in [5.74, 6) is -0.207. The lowest BCUT2D eigenvalue weighted by Crippen LogP contribution is -2.18. The van der Waals surface area contributed by atoms with E-state index in [9.17, 15) is 9.59 Å². The molecule has 0 atom stereocenters. The fourth-order valence-electron chi connectivity index (χ4n) is 1.46. The van der Waals surface area contributed by atoms with Crippen LogP contribution in [0.15, 0.2) is 23.0 Å². The first-order chi connectivity index (χ1) is 7.61. The zero-order valence-corrected chi connectivity index (χ0v) is 9.27. The Morgan fingerprint density at radius 1 is 1.38 bits per heavy atom. The number of benzene rings is 1. The van der Waals surface area contributed by atoms with Gasteiger partial charge in [0.2, 0.25) is 0 Å². The molecule has 82 valence electrons. The molecule has 1 aromatic carbocycles. The Morgan fingerprint density at radius 3 is 2.81 bits per heavy atom. The van der Waals surface area contributed by atoms with Gasteiger partial charge in [-0.15, -0.1) is 0 Å². The van der Waals surface area contributed by atoms with Crippen LogP contribution in [0.5, 0.6) is 0 Å². The minimum atomic E-state index is -0.262. The summed E-state index contributed by atoms with van der Waals surface area (Å²) in [5.41, 5.74) is 0.767. The Labute approximate surface area is 95.5 Å². The Morgan fingerprint density at radius 2 is 2.12 bits per heavy atom. The minimum Gasteiger partial charge on any atom is -0.355 e. The highest BCUT2D eigenvalue weighted by Crippen LogP contribution is 2.09. The molecule has 0 aliphatic rings. The van der Waals surface area contributed by atoms with Gasteiger partial charge in [-0.25, -0.2) is 0 Å². The number of amides is 1. The van der Waals surface area contributed by atoms with Crippen molar-refractivity contribution in [3.8, 4) is 0 Å². The summed E-state index contributed by atoms with van der Waals surface area (Å²) < 4.78 is 0.242. The SMILES string of the molecule is CNC(=O)c1ccc2c(=O)[nH]c(=S)[nH]c2c1. The summed E-state index contributed by atoms with van der Waals surface area (Å²) in [7, 11) is 1.55. The molecule has 1 amide bonds. The van der Waals surface area contributed by atoms with Gasteiger partial charge in [0.05, 0.1) is 10.9 Å². The number of nitrogens with one attached hydrogen (secondary N) is 3.